The molecule has 4 heteroatoms. The smallest absolute Gasteiger partial charge is 0.395 e. The van der Waals surface area contributed by atoms with Crippen molar-refractivity contribution >= 4 is 11.9 Å². The molecule has 4 nitrogen and oxygen atoms in total. The van der Waals surface area contributed by atoms with Crippen LogP contribution in [0.3, 0.4) is 0 Å². The summed E-state index contributed by atoms with van der Waals surface area (Å²) < 4.78 is 10.5. The Morgan fingerprint density at radius 2 is 1.36 bits per heavy atom. The van der Waals surface area contributed by atoms with Gasteiger partial charge in [0.05, 0.1) is 0 Å². The highest BCUT2D eigenvalue weighted by Crippen LogP contribution is 2.30. The Balaban J connectivity index is 1.81. The molecule has 3 rings (SSSR count). The second-order valence-electron chi connectivity index (χ2n) is 5.40. The second kappa shape index (κ2) is 7.45. The summed E-state index contributed by atoms with van der Waals surface area (Å²) in [6.45, 7) is 1.52. The van der Waals surface area contributed by atoms with Gasteiger partial charge in [-0.15, -0.1) is 0 Å². The third-order valence-corrected chi connectivity index (χ3v) is 3.63. The van der Waals surface area contributed by atoms with Gasteiger partial charge in [-0.3, -0.25) is 4.79 Å². The first-order valence-electron chi connectivity index (χ1n) is 7.78. The minimum absolute atomic E-state index is 0.00234. The van der Waals surface area contributed by atoms with Crippen LogP contribution in [0.2, 0.25) is 0 Å². The summed E-state index contributed by atoms with van der Waals surface area (Å²) in [5.74, 6) is 0.803. The molecule has 0 unspecified atom stereocenters. The Bertz CT molecular complexity index is 883. The van der Waals surface area contributed by atoms with E-state index in [2.05, 4.69) is 0 Å². The van der Waals surface area contributed by atoms with E-state index in [1.54, 1.807) is 48.5 Å². The van der Waals surface area contributed by atoms with Crippen molar-refractivity contribution in [1.82, 2.24) is 0 Å². The monoisotopic (exact) mass is 332 g/mol. The van der Waals surface area contributed by atoms with E-state index in [1.165, 1.54) is 6.92 Å². The summed E-state index contributed by atoms with van der Waals surface area (Å²) in [6.07, 6.45) is -0.806. The zero-order valence-electron chi connectivity index (χ0n) is 13.6. The summed E-state index contributed by atoms with van der Waals surface area (Å²) in [5.41, 5.74) is 2.21. The quantitative estimate of drug-likeness (QED) is 0.377. The predicted octanol–water partition coefficient (Wildman–Crippen LogP) is 5.13. The normalized spacial score (nSPS) is 10.1. The van der Waals surface area contributed by atoms with Crippen LogP contribution >= 0.6 is 0 Å². The van der Waals surface area contributed by atoms with Crippen LogP contribution in [0.15, 0.2) is 78.9 Å². The number of carbonyl (C=O) groups is 2. The lowest BCUT2D eigenvalue weighted by molar-refractivity contribution is 0.101. The fourth-order valence-electron chi connectivity index (χ4n) is 2.37. The molecule has 0 atom stereocenters. The van der Waals surface area contributed by atoms with Gasteiger partial charge in [0, 0.05) is 11.1 Å². The molecule has 0 heterocycles. The van der Waals surface area contributed by atoms with Crippen LogP contribution < -0.4 is 9.47 Å². The van der Waals surface area contributed by atoms with Crippen LogP contribution in [0.5, 0.6) is 11.5 Å². The molecular formula is C21H16O4. The first-order chi connectivity index (χ1) is 12.1. The predicted molar refractivity (Wildman–Crippen MR) is 95.0 cm³/mol. The van der Waals surface area contributed by atoms with E-state index in [9.17, 15) is 9.59 Å². The number of hydrogen-bond acceptors (Lipinski definition) is 4. The van der Waals surface area contributed by atoms with Gasteiger partial charge in [0.15, 0.2) is 5.78 Å². The molecule has 124 valence electrons. The van der Waals surface area contributed by atoms with Crippen LogP contribution in [-0.2, 0) is 0 Å². The molecule has 0 amide bonds. The highest BCUT2D eigenvalue weighted by molar-refractivity contribution is 5.94. The lowest BCUT2D eigenvalue weighted by atomic mass is 10.0. The molecule has 0 aliphatic heterocycles. The van der Waals surface area contributed by atoms with Gasteiger partial charge in [-0.1, -0.05) is 60.7 Å². The second-order valence-corrected chi connectivity index (χ2v) is 5.40. The van der Waals surface area contributed by atoms with Crippen LogP contribution in [-0.4, -0.2) is 11.9 Å². The maximum atomic E-state index is 12.0. The Labute approximate surface area is 145 Å². The molecule has 25 heavy (non-hydrogen) atoms. The molecule has 0 N–H and O–H groups in total. The van der Waals surface area contributed by atoms with Crippen molar-refractivity contribution in [1.29, 1.82) is 0 Å². The Morgan fingerprint density at radius 3 is 2.04 bits per heavy atom. The van der Waals surface area contributed by atoms with E-state index in [4.69, 9.17) is 9.47 Å². The van der Waals surface area contributed by atoms with Crippen LogP contribution in [0, 0.1) is 0 Å². The molecule has 0 bridgehead atoms. The lowest BCUT2D eigenvalue weighted by Gasteiger charge is -2.10. The van der Waals surface area contributed by atoms with Gasteiger partial charge in [0.2, 0.25) is 0 Å². The Morgan fingerprint density at radius 1 is 0.720 bits per heavy atom. The van der Waals surface area contributed by atoms with E-state index in [1.807, 2.05) is 30.3 Å². The van der Waals surface area contributed by atoms with Crippen molar-refractivity contribution in [3.8, 4) is 22.6 Å². The summed E-state index contributed by atoms with van der Waals surface area (Å²) in [6, 6.07) is 23.0. The Hall–Kier alpha value is -3.40. The zero-order valence-corrected chi connectivity index (χ0v) is 13.6. The third kappa shape index (κ3) is 4.12. The number of Topliss-reactive ketones (excluding diaryl/α,β-unsaturated/α-hetero) is 1. The van der Waals surface area contributed by atoms with Crippen molar-refractivity contribution in [3.63, 3.8) is 0 Å². The molecule has 3 aromatic rings. The van der Waals surface area contributed by atoms with Crippen LogP contribution in [0.4, 0.5) is 4.79 Å². The number of carbonyl (C=O) groups excluding carboxylic acids is 2. The number of hydrogen-bond donors (Lipinski definition) is 0. The topological polar surface area (TPSA) is 52.6 Å². The SMILES string of the molecule is CC(=O)c1ccc(-c2ccccc2OC(=O)Oc2ccccc2)cc1. The molecule has 0 radical (unpaired) electrons. The maximum Gasteiger partial charge on any atom is 0.519 e. The van der Waals surface area contributed by atoms with E-state index in [0.29, 0.717) is 17.1 Å². The fourth-order valence-corrected chi connectivity index (χ4v) is 2.37. The van der Waals surface area contributed by atoms with Crippen molar-refractivity contribution in [2.24, 2.45) is 0 Å². The molecule has 0 saturated carbocycles. The first-order valence-corrected chi connectivity index (χ1v) is 7.78. The maximum absolute atomic E-state index is 12.0. The van der Waals surface area contributed by atoms with Gasteiger partial charge in [-0.25, -0.2) is 4.79 Å². The lowest BCUT2D eigenvalue weighted by Crippen LogP contribution is -2.14. The summed E-state index contributed by atoms with van der Waals surface area (Å²) in [4.78, 5) is 23.4. The van der Waals surface area contributed by atoms with Gasteiger partial charge in [-0.2, -0.15) is 0 Å². The van der Waals surface area contributed by atoms with Gasteiger partial charge < -0.3 is 9.47 Å². The molecule has 0 fully saturated rings. The first kappa shape index (κ1) is 16.5. The molecule has 0 aliphatic carbocycles. The van der Waals surface area contributed by atoms with E-state index in [-0.39, 0.29) is 5.78 Å². The summed E-state index contributed by atoms with van der Waals surface area (Å²) >= 11 is 0. The van der Waals surface area contributed by atoms with Crippen LogP contribution in [0.25, 0.3) is 11.1 Å². The number of ether oxygens (including phenoxy) is 2. The number of benzene rings is 3. The molecular weight excluding hydrogens is 316 g/mol. The fraction of sp³-hybridized carbons (Fsp3) is 0.0476. The van der Waals surface area contributed by atoms with Crippen molar-refractivity contribution in [3.05, 3.63) is 84.4 Å². The summed E-state index contributed by atoms with van der Waals surface area (Å²) in [5, 5.41) is 0. The minimum Gasteiger partial charge on any atom is -0.395 e. The minimum atomic E-state index is -0.806. The standard InChI is InChI=1S/C21H16O4/c1-15(22)16-11-13-17(14-12-16)19-9-5-6-10-20(19)25-21(23)24-18-7-3-2-4-8-18/h2-14H,1H3. The molecule has 0 aromatic heterocycles. The largest absolute Gasteiger partial charge is 0.519 e. The zero-order chi connectivity index (χ0) is 17.6. The van der Waals surface area contributed by atoms with Gasteiger partial charge in [0.25, 0.3) is 0 Å². The highest BCUT2D eigenvalue weighted by Gasteiger charge is 2.12. The highest BCUT2D eigenvalue weighted by atomic mass is 16.7. The van der Waals surface area contributed by atoms with E-state index in [0.717, 1.165) is 11.1 Å². The van der Waals surface area contributed by atoms with Crippen molar-refractivity contribution in [2.75, 3.05) is 0 Å². The van der Waals surface area contributed by atoms with E-state index >= 15 is 0 Å². The van der Waals surface area contributed by atoms with Crippen molar-refractivity contribution in [2.45, 2.75) is 6.92 Å². The van der Waals surface area contributed by atoms with E-state index < -0.39 is 6.16 Å². The van der Waals surface area contributed by atoms with Gasteiger partial charge in [-0.05, 0) is 30.7 Å². The number of para-hydroxylation sites is 2. The molecule has 0 spiro atoms. The van der Waals surface area contributed by atoms with Gasteiger partial charge >= 0.3 is 6.16 Å². The number of rotatable bonds is 4. The average Bonchev–Trinajstić information content (AvgIpc) is 2.63. The average molecular weight is 332 g/mol. The number of ketones is 1. The summed E-state index contributed by atoms with van der Waals surface area (Å²) in [7, 11) is 0. The third-order valence-electron chi connectivity index (χ3n) is 3.63. The molecule has 3 aromatic carbocycles. The Kier molecular flexibility index (Phi) is 4.90. The van der Waals surface area contributed by atoms with Gasteiger partial charge in [0.1, 0.15) is 11.5 Å². The molecule has 0 saturated heterocycles. The molecule has 0 aliphatic rings. The van der Waals surface area contributed by atoms with Crippen LogP contribution in [0.1, 0.15) is 17.3 Å². The van der Waals surface area contributed by atoms with Crippen molar-refractivity contribution < 1.29 is 19.1 Å².